The highest BCUT2D eigenvalue weighted by Crippen LogP contribution is 2.17. The summed E-state index contributed by atoms with van der Waals surface area (Å²) in [6, 6.07) is 0.516. The highest BCUT2D eigenvalue weighted by atomic mass is 19.4. The molecule has 17 heavy (non-hydrogen) atoms. The van der Waals surface area contributed by atoms with Gasteiger partial charge in [-0.05, 0) is 25.9 Å². The van der Waals surface area contributed by atoms with Crippen LogP contribution < -0.4 is 5.32 Å². The first-order chi connectivity index (χ1) is 7.92. The van der Waals surface area contributed by atoms with E-state index in [1.54, 1.807) is 0 Å². The van der Waals surface area contributed by atoms with Gasteiger partial charge in [0, 0.05) is 19.1 Å². The zero-order chi connectivity index (χ0) is 12.9. The number of alkyl halides is 3. The maximum atomic E-state index is 11.8. The van der Waals surface area contributed by atoms with Gasteiger partial charge >= 0.3 is 6.18 Å². The maximum Gasteiger partial charge on any atom is 0.411 e. The van der Waals surface area contributed by atoms with E-state index in [1.165, 1.54) is 0 Å². The van der Waals surface area contributed by atoms with Crippen molar-refractivity contribution in [3.05, 3.63) is 0 Å². The summed E-state index contributed by atoms with van der Waals surface area (Å²) in [7, 11) is 1.95. The molecule has 0 saturated carbocycles. The highest BCUT2D eigenvalue weighted by molar-refractivity contribution is 4.81. The molecule has 0 bridgehead atoms. The van der Waals surface area contributed by atoms with Crippen molar-refractivity contribution >= 4 is 0 Å². The second kappa shape index (κ2) is 6.56. The molecule has 1 rings (SSSR count). The third-order valence-corrected chi connectivity index (χ3v) is 3.18. The topological polar surface area (TPSA) is 24.5 Å². The number of piperidine rings is 1. The van der Waals surface area contributed by atoms with Gasteiger partial charge in [-0.25, -0.2) is 0 Å². The molecule has 0 spiro atoms. The number of nitrogens with one attached hydrogen (secondary N) is 1. The largest absolute Gasteiger partial charge is 0.411 e. The molecule has 1 saturated heterocycles. The SMILES string of the molecule is CNC1CCN(CCOCC(F)(F)F)CC1C. The lowest BCUT2D eigenvalue weighted by atomic mass is 9.94. The molecule has 0 aliphatic carbocycles. The second-order valence-corrected chi connectivity index (χ2v) is 4.63. The van der Waals surface area contributed by atoms with Crippen molar-refractivity contribution in [3.8, 4) is 0 Å². The van der Waals surface area contributed by atoms with Gasteiger partial charge in [-0.2, -0.15) is 13.2 Å². The Labute approximate surface area is 100 Å². The molecular formula is C11H21F3N2O. The van der Waals surface area contributed by atoms with Crippen LogP contribution in [-0.4, -0.2) is 57.0 Å². The van der Waals surface area contributed by atoms with Gasteiger partial charge in [0.1, 0.15) is 6.61 Å². The molecule has 0 aromatic rings. The van der Waals surface area contributed by atoms with Crippen LogP contribution in [0.3, 0.4) is 0 Å². The molecule has 3 nitrogen and oxygen atoms in total. The normalized spacial score (nSPS) is 27.4. The third kappa shape index (κ3) is 5.70. The maximum absolute atomic E-state index is 11.8. The molecule has 6 heteroatoms. The number of hydrogen-bond donors (Lipinski definition) is 1. The molecule has 1 N–H and O–H groups in total. The molecule has 1 aliphatic heterocycles. The van der Waals surface area contributed by atoms with Gasteiger partial charge in [-0.15, -0.1) is 0 Å². The van der Waals surface area contributed by atoms with E-state index in [-0.39, 0.29) is 6.61 Å². The van der Waals surface area contributed by atoms with E-state index < -0.39 is 12.8 Å². The van der Waals surface area contributed by atoms with E-state index >= 15 is 0 Å². The summed E-state index contributed by atoms with van der Waals surface area (Å²) in [5.74, 6) is 0.524. The summed E-state index contributed by atoms with van der Waals surface area (Å²) in [4.78, 5) is 2.16. The number of ether oxygens (including phenoxy) is 1. The predicted molar refractivity (Wildman–Crippen MR) is 59.9 cm³/mol. The molecule has 1 aliphatic rings. The summed E-state index contributed by atoms with van der Waals surface area (Å²) in [6.07, 6.45) is -3.18. The van der Waals surface area contributed by atoms with Crippen LogP contribution >= 0.6 is 0 Å². The second-order valence-electron chi connectivity index (χ2n) is 4.63. The van der Waals surface area contributed by atoms with Crippen molar-refractivity contribution in [2.75, 3.05) is 39.9 Å². The van der Waals surface area contributed by atoms with Crippen molar-refractivity contribution in [1.82, 2.24) is 10.2 Å². The van der Waals surface area contributed by atoms with E-state index in [9.17, 15) is 13.2 Å². The van der Waals surface area contributed by atoms with E-state index in [4.69, 9.17) is 0 Å². The lowest BCUT2D eigenvalue weighted by molar-refractivity contribution is -0.174. The summed E-state index contributed by atoms with van der Waals surface area (Å²) in [5, 5.41) is 3.25. The lowest BCUT2D eigenvalue weighted by Gasteiger charge is -2.36. The molecular weight excluding hydrogens is 233 g/mol. The third-order valence-electron chi connectivity index (χ3n) is 3.18. The van der Waals surface area contributed by atoms with Crippen LogP contribution in [0.1, 0.15) is 13.3 Å². The number of nitrogens with zero attached hydrogens (tertiary/aromatic N) is 1. The molecule has 1 heterocycles. The molecule has 0 aromatic heterocycles. The number of rotatable bonds is 5. The predicted octanol–water partition coefficient (Wildman–Crippen LogP) is 1.50. The summed E-state index contributed by atoms with van der Waals surface area (Å²) in [6.45, 7) is 3.58. The first-order valence-corrected chi connectivity index (χ1v) is 5.96. The fraction of sp³-hybridized carbons (Fsp3) is 1.00. The van der Waals surface area contributed by atoms with Gasteiger partial charge in [-0.3, -0.25) is 0 Å². The zero-order valence-electron chi connectivity index (χ0n) is 10.4. The van der Waals surface area contributed by atoms with Crippen molar-refractivity contribution in [2.24, 2.45) is 5.92 Å². The Morgan fingerprint density at radius 1 is 1.41 bits per heavy atom. The number of halogens is 3. The monoisotopic (exact) mass is 254 g/mol. The fourth-order valence-corrected chi connectivity index (χ4v) is 2.25. The van der Waals surface area contributed by atoms with Crippen molar-refractivity contribution in [1.29, 1.82) is 0 Å². The molecule has 0 aromatic carbocycles. The van der Waals surface area contributed by atoms with E-state index in [0.29, 0.717) is 18.5 Å². The van der Waals surface area contributed by atoms with Crippen LogP contribution in [0.25, 0.3) is 0 Å². The quantitative estimate of drug-likeness (QED) is 0.752. The van der Waals surface area contributed by atoms with Crippen molar-refractivity contribution in [3.63, 3.8) is 0 Å². The molecule has 2 atom stereocenters. The summed E-state index contributed by atoms with van der Waals surface area (Å²) in [5.41, 5.74) is 0. The minimum Gasteiger partial charge on any atom is -0.371 e. The Bertz CT molecular complexity index is 223. The Morgan fingerprint density at radius 3 is 2.65 bits per heavy atom. The van der Waals surface area contributed by atoms with Gasteiger partial charge in [0.2, 0.25) is 0 Å². The molecule has 2 unspecified atom stereocenters. The van der Waals surface area contributed by atoms with Gasteiger partial charge in [-0.1, -0.05) is 6.92 Å². The molecule has 102 valence electrons. The highest BCUT2D eigenvalue weighted by Gasteiger charge is 2.28. The lowest BCUT2D eigenvalue weighted by Crippen LogP contribution is -2.48. The smallest absolute Gasteiger partial charge is 0.371 e. The zero-order valence-corrected chi connectivity index (χ0v) is 10.4. The molecule has 0 radical (unpaired) electrons. The minimum absolute atomic E-state index is 0.149. The fourth-order valence-electron chi connectivity index (χ4n) is 2.25. The Hall–Kier alpha value is -0.330. The van der Waals surface area contributed by atoms with Crippen LogP contribution in [0.4, 0.5) is 13.2 Å². The van der Waals surface area contributed by atoms with Gasteiger partial charge < -0.3 is 15.0 Å². The Balaban J connectivity index is 2.13. The Kier molecular flexibility index (Phi) is 5.69. The van der Waals surface area contributed by atoms with E-state index in [1.807, 2.05) is 7.05 Å². The first kappa shape index (κ1) is 14.7. The van der Waals surface area contributed by atoms with Crippen LogP contribution in [0.2, 0.25) is 0 Å². The minimum atomic E-state index is -4.22. The molecule has 0 amide bonds. The van der Waals surface area contributed by atoms with Gasteiger partial charge in [0.15, 0.2) is 0 Å². The first-order valence-electron chi connectivity index (χ1n) is 5.96. The summed E-state index contributed by atoms with van der Waals surface area (Å²) < 4.78 is 40.1. The van der Waals surface area contributed by atoms with Crippen LogP contribution in [0, 0.1) is 5.92 Å². The van der Waals surface area contributed by atoms with Crippen molar-refractivity contribution < 1.29 is 17.9 Å². The van der Waals surface area contributed by atoms with Crippen molar-refractivity contribution in [2.45, 2.75) is 25.6 Å². The van der Waals surface area contributed by atoms with Crippen LogP contribution in [0.5, 0.6) is 0 Å². The average molecular weight is 254 g/mol. The van der Waals surface area contributed by atoms with Crippen LogP contribution in [-0.2, 0) is 4.74 Å². The van der Waals surface area contributed by atoms with E-state index in [0.717, 1.165) is 19.5 Å². The Morgan fingerprint density at radius 2 is 2.12 bits per heavy atom. The summed E-state index contributed by atoms with van der Waals surface area (Å²) >= 11 is 0. The molecule has 1 fully saturated rings. The average Bonchev–Trinajstić information content (AvgIpc) is 2.23. The van der Waals surface area contributed by atoms with Gasteiger partial charge in [0.25, 0.3) is 0 Å². The standard InChI is InChI=1S/C11H21F3N2O/c1-9-7-16(4-3-10(9)15-2)5-6-17-8-11(12,13)14/h9-10,15H,3-8H2,1-2H3. The number of likely N-dealkylation sites (tertiary alicyclic amines) is 1. The van der Waals surface area contributed by atoms with Gasteiger partial charge in [0.05, 0.1) is 6.61 Å². The van der Waals surface area contributed by atoms with Crippen LogP contribution in [0.15, 0.2) is 0 Å². The number of hydrogen-bond acceptors (Lipinski definition) is 3. The van der Waals surface area contributed by atoms with E-state index in [2.05, 4.69) is 21.9 Å².